The summed E-state index contributed by atoms with van der Waals surface area (Å²) in [5.74, 6) is 0. The van der Waals surface area contributed by atoms with Crippen molar-refractivity contribution >= 4 is 10.9 Å². The molecular weight excluding hydrogens is 200 g/mol. The smallest absolute Gasteiger partial charge is 0.250 e. The Labute approximate surface area is 85.5 Å². The maximum atomic E-state index is 11.9. The Morgan fingerprint density at radius 3 is 3.07 bits per heavy atom. The van der Waals surface area contributed by atoms with Gasteiger partial charge in [-0.3, -0.25) is 5.10 Å². The third-order valence-electron chi connectivity index (χ3n) is 2.13. The minimum atomic E-state index is -2.30. The van der Waals surface area contributed by atoms with Gasteiger partial charge in [-0.1, -0.05) is 12.1 Å². The fraction of sp³-hybridized carbons (Fsp3) is 0.300. The lowest BCUT2D eigenvalue weighted by Crippen LogP contribution is -2.20. The van der Waals surface area contributed by atoms with Crippen LogP contribution in [0.25, 0.3) is 10.9 Å². The number of aromatic nitrogens is 2. The van der Waals surface area contributed by atoms with Crippen LogP contribution in [0.4, 0.5) is 8.78 Å². The van der Waals surface area contributed by atoms with Crippen LogP contribution in [0, 0.1) is 0 Å². The van der Waals surface area contributed by atoms with Gasteiger partial charge in [0.25, 0.3) is 6.43 Å². The maximum absolute atomic E-state index is 11.9. The number of fused-ring (bicyclic) bond motifs is 1. The molecule has 0 saturated carbocycles. The summed E-state index contributed by atoms with van der Waals surface area (Å²) in [5, 5.41) is 10.4. The number of halogens is 2. The number of hydrogen-bond acceptors (Lipinski definition) is 2. The summed E-state index contributed by atoms with van der Waals surface area (Å²) < 4.78 is 23.7. The average molecular weight is 211 g/mol. The number of nitrogens with zero attached hydrogens (tertiary/aromatic N) is 1. The van der Waals surface area contributed by atoms with Gasteiger partial charge >= 0.3 is 0 Å². The van der Waals surface area contributed by atoms with Gasteiger partial charge in [-0.25, -0.2) is 8.78 Å². The van der Waals surface area contributed by atoms with E-state index in [9.17, 15) is 8.78 Å². The van der Waals surface area contributed by atoms with Gasteiger partial charge in [0, 0.05) is 11.9 Å². The number of aromatic amines is 1. The molecule has 0 unspecified atom stereocenters. The number of rotatable bonds is 4. The summed E-state index contributed by atoms with van der Waals surface area (Å²) in [7, 11) is 0. The second kappa shape index (κ2) is 4.35. The van der Waals surface area contributed by atoms with Crippen LogP contribution in [0.3, 0.4) is 0 Å². The molecule has 2 rings (SSSR count). The lowest BCUT2D eigenvalue weighted by atomic mass is 10.2. The van der Waals surface area contributed by atoms with Gasteiger partial charge in [0.05, 0.1) is 18.3 Å². The molecule has 0 aliphatic carbocycles. The molecule has 0 bridgehead atoms. The van der Waals surface area contributed by atoms with E-state index in [1.54, 1.807) is 6.20 Å². The molecule has 2 aromatic rings. The van der Waals surface area contributed by atoms with Crippen LogP contribution in [0.1, 0.15) is 5.56 Å². The molecule has 5 heteroatoms. The van der Waals surface area contributed by atoms with Gasteiger partial charge in [-0.15, -0.1) is 0 Å². The van der Waals surface area contributed by atoms with Crippen molar-refractivity contribution in [2.24, 2.45) is 0 Å². The van der Waals surface area contributed by atoms with E-state index in [1.807, 2.05) is 18.2 Å². The second-order valence-electron chi connectivity index (χ2n) is 3.31. The zero-order chi connectivity index (χ0) is 10.7. The van der Waals surface area contributed by atoms with Gasteiger partial charge in [-0.05, 0) is 11.6 Å². The summed E-state index contributed by atoms with van der Waals surface area (Å²) >= 11 is 0. The molecule has 0 amide bonds. The summed E-state index contributed by atoms with van der Waals surface area (Å²) in [6, 6.07) is 5.72. The third-order valence-corrected chi connectivity index (χ3v) is 2.13. The minimum absolute atomic E-state index is 0.277. The van der Waals surface area contributed by atoms with Gasteiger partial charge in [0.2, 0.25) is 0 Å². The Morgan fingerprint density at radius 1 is 1.40 bits per heavy atom. The van der Waals surface area contributed by atoms with Gasteiger partial charge in [0.1, 0.15) is 0 Å². The van der Waals surface area contributed by atoms with E-state index in [-0.39, 0.29) is 6.54 Å². The molecule has 0 aliphatic rings. The SMILES string of the molecule is FC(F)CNCc1ccc2cn[nH]c2c1. The van der Waals surface area contributed by atoms with Crippen LogP contribution >= 0.6 is 0 Å². The molecule has 1 aromatic heterocycles. The maximum Gasteiger partial charge on any atom is 0.250 e. The first-order chi connectivity index (χ1) is 7.25. The molecule has 2 N–H and O–H groups in total. The first-order valence-corrected chi connectivity index (χ1v) is 4.66. The molecular formula is C10H11F2N3. The Balaban J connectivity index is 2.02. The van der Waals surface area contributed by atoms with E-state index in [2.05, 4.69) is 15.5 Å². The number of nitrogens with one attached hydrogen (secondary N) is 2. The molecule has 3 nitrogen and oxygen atoms in total. The average Bonchev–Trinajstić information content (AvgIpc) is 2.64. The van der Waals surface area contributed by atoms with Crippen LogP contribution in [0.2, 0.25) is 0 Å². The van der Waals surface area contributed by atoms with Crippen molar-refractivity contribution < 1.29 is 8.78 Å². The predicted molar refractivity (Wildman–Crippen MR) is 53.8 cm³/mol. The first-order valence-electron chi connectivity index (χ1n) is 4.66. The zero-order valence-electron chi connectivity index (χ0n) is 8.00. The normalized spacial score (nSPS) is 11.4. The molecule has 0 radical (unpaired) electrons. The number of hydrogen-bond donors (Lipinski definition) is 2. The second-order valence-corrected chi connectivity index (χ2v) is 3.31. The first kappa shape index (κ1) is 10.0. The van der Waals surface area contributed by atoms with Crippen LogP contribution in [-0.2, 0) is 6.54 Å². The van der Waals surface area contributed by atoms with Crippen molar-refractivity contribution in [3.8, 4) is 0 Å². The fourth-order valence-corrected chi connectivity index (χ4v) is 1.42. The highest BCUT2D eigenvalue weighted by Gasteiger charge is 2.02. The summed E-state index contributed by atoms with van der Waals surface area (Å²) in [6.07, 6.45) is -0.577. The number of benzene rings is 1. The Morgan fingerprint density at radius 2 is 2.27 bits per heavy atom. The van der Waals surface area contributed by atoms with E-state index in [4.69, 9.17) is 0 Å². The monoisotopic (exact) mass is 211 g/mol. The van der Waals surface area contributed by atoms with Crippen LogP contribution in [-0.4, -0.2) is 23.2 Å². The van der Waals surface area contributed by atoms with Crippen molar-refractivity contribution in [2.75, 3.05) is 6.54 Å². The van der Waals surface area contributed by atoms with Crippen molar-refractivity contribution in [1.82, 2.24) is 15.5 Å². The van der Waals surface area contributed by atoms with E-state index in [0.29, 0.717) is 6.54 Å². The minimum Gasteiger partial charge on any atom is -0.307 e. The van der Waals surface area contributed by atoms with Crippen LogP contribution in [0.5, 0.6) is 0 Å². The van der Waals surface area contributed by atoms with E-state index < -0.39 is 6.43 Å². The highest BCUT2D eigenvalue weighted by atomic mass is 19.3. The van der Waals surface area contributed by atoms with Crippen molar-refractivity contribution in [3.63, 3.8) is 0 Å². The molecule has 0 saturated heterocycles. The molecule has 80 valence electrons. The lowest BCUT2D eigenvalue weighted by Gasteiger charge is -2.03. The topological polar surface area (TPSA) is 40.7 Å². The molecule has 0 aliphatic heterocycles. The van der Waals surface area contributed by atoms with Gasteiger partial charge in [0.15, 0.2) is 0 Å². The molecule has 0 atom stereocenters. The molecule has 0 fully saturated rings. The molecule has 0 spiro atoms. The fourth-order valence-electron chi connectivity index (χ4n) is 1.42. The highest BCUT2D eigenvalue weighted by molar-refractivity contribution is 5.78. The van der Waals surface area contributed by atoms with Crippen molar-refractivity contribution in [3.05, 3.63) is 30.0 Å². The highest BCUT2D eigenvalue weighted by Crippen LogP contribution is 2.12. The van der Waals surface area contributed by atoms with E-state index in [0.717, 1.165) is 16.5 Å². The zero-order valence-corrected chi connectivity index (χ0v) is 8.00. The standard InChI is InChI=1S/C10H11F2N3/c11-10(12)6-13-4-7-1-2-8-5-14-15-9(8)3-7/h1-3,5,10,13H,4,6H2,(H,14,15). The summed E-state index contributed by atoms with van der Waals surface area (Å²) in [4.78, 5) is 0. The van der Waals surface area contributed by atoms with Crippen molar-refractivity contribution in [1.29, 1.82) is 0 Å². The third kappa shape index (κ3) is 2.50. The quantitative estimate of drug-likeness (QED) is 0.811. The number of H-pyrrole nitrogens is 1. The Kier molecular flexibility index (Phi) is 2.91. The Bertz CT molecular complexity index is 439. The summed E-state index contributed by atoms with van der Waals surface area (Å²) in [6.45, 7) is 0.167. The number of alkyl halides is 2. The van der Waals surface area contributed by atoms with E-state index >= 15 is 0 Å². The molecule has 1 heterocycles. The van der Waals surface area contributed by atoms with Crippen LogP contribution in [0.15, 0.2) is 24.4 Å². The predicted octanol–water partition coefficient (Wildman–Crippen LogP) is 1.92. The largest absolute Gasteiger partial charge is 0.307 e. The van der Waals surface area contributed by atoms with Gasteiger partial charge in [-0.2, -0.15) is 5.10 Å². The van der Waals surface area contributed by atoms with Crippen molar-refractivity contribution in [2.45, 2.75) is 13.0 Å². The summed E-state index contributed by atoms with van der Waals surface area (Å²) in [5.41, 5.74) is 1.89. The van der Waals surface area contributed by atoms with E-state index in [1.165, 1.54) is 0 Å². The lowest BCUT2D eigenvalue weighted by molar-refractivity contribution is 0.145. The Hall–Kier alpha value is -1.49. The van der Waals surface area contributed by atoms with Gasteiger partial charge < -0.3 is 5.32 Å². The van der Waals surface area contributed by atoms with Crippen LogP contribution < -0.4 is 5.32 Å². The molecule has 15 heavy (non-hydrogen) atoms. The molecule has 1 aromatic carbocycles.